The smallest absolute Gasteiger partial charge is 0.271 e. The van der Waals surface area contributed by atoms with Gasteiger partial charge in [0.15, 0.2) is 0 Å². The van der Waals surface area contributed by atoms with Crippen molar-refractivity contribution in [3.63, 3.8) is 0 Å². The lowest BCUT2D eigenvalue weighted by atomic mass is 10.1. The quantitative estimate of drug-likeness (QED) is 0.349. The highest BCUT2D eigenvalue weighted by Gasteiger charge is 2.32. The summed E-state index contributed by atoms with van der Waals surface area (Å²) in [5.41, 5.74) is 0.466. The van der Waals surface area contributed by atoms with Crippen molar-refractivity contribution in [2.75, 3.05) is 17.1 Å². The molecule has 35 heavy (non-hydrogen) atoms. The second kappa shape index (κ2) is 12.3. The third kappa shape index (κ3) is 7.78. The number of rotatable bonds is 12. The fourth-order valence-electron chi connectivity index (χ4n) is 3.52. The van der Waals surface area contributed by atoms with Gasteiger partial charge in [-0.15, -0.1) is 0 Å². The van der Waals surface area contributed by atoms with Crippen LogP contribution < -0.4 is 9.62 Å². The number of nitrogens with zero attached hydrogens (tertiary/aromatic N) is 3. The van der Waals surface area contributed by atoms with E-state index in [0.717, 1.165) is 22.2 Å². The highest BCUT2D eigenvalue weighted by atomic mass is 32.2. The molecule has 0 bridgehead atoms. The van der Waals surface area contributed by atoms with Crippen LogP contribution in [0.3, 0.4) is 0 Å². The summed E-state index contributed by atoms with van der Waals surface area (Å²) in [5, 5.41) is 14.1. The summed E-state index contributed by atoms with van der Waals surface area (Å²) < 4.78 is 26.0. The largest absolute Gasteiger partial charge is 0.352 e. The summed E-state index contributed by atoms with van der Waals surface area (Å²) in [5.74, 6) is -0.927. The van der Waals surface area contributed by atoms with Gasteiger partial charge in [-0.1, -0.05) is 50.2 Å². The average molecular weight is 505 g/mol. The Hall–Kier alpha value is -3.47. The number of carbonyl (C=O) groups is 2. The summed E-state index contributed by atoms with van der Waals surface area (Å²) in [4.78, 5) is 38.5. The summed E-state index contributed by atoms with van der Waals surface area (Å²) >= 11 is 0. The van der Waals surface area contributed by atoms with Crippen molar-refractivity contribution in [2.24, 2.45) is 0 Å². The molecule has 2 amide bonds. The van der Waals surface area contributed by atoms with Crippen LogP contribution in [0.25, 0.3) is 0 Å². The van der Waals surface area contributed by atoms with E-state index in [9.17, 15) is 28.1 Å². The topological polar surface area (TPSA) is 130 Å². The number of hydrogen-bond donors (Lipinski definition) is 1. The number of nitro benzene ring substituents is 1. The van der Waals surface area contributed by atoms with Gasteiger partial charge in [0.2, 0.25) is 21.8 Å². The Labute approximate surface area is 206 Å². The number of hydrogen-bond acceptors (Lipinski definition) is 6. The Morgan fingerprint density at radius 2 is 1.71 bits per heavy atom. The molecule has 0 heterocycles. The number of non-ortho nitro benzene ring substituents is 1. The zero-order chi connectivity index (χ0) is 26.2. The second-order valence-corrected chi connectivity index (χ2v) is 10.2. The Bertz CT molecular complexity index is 1140. The van der Waals surface area contributed by atoms with Gasteiger partial charge in [-0.25, -0.2) is 8.42 Å². The van der Waals surface area contributed by atoms with E-state index >= 15 is 0 Å². The van der Waals surface area contributed by atoms with Crippen molar-refractivity contribution in [3.05, 3.63) is 70.3 Å². The summed E-state index contributed by atoms with van der Waals surface area (Å²) in [6.45, 7) is 5.06. The van der Waals surface area contributed by atoms with Crippen LogP contribution >= 0.6 is 0 Å². The molecule has 0 radical (unpaired) electrons. The van der Waals surface area contributed by atoms with Crippen LogP contribution in [0.5, 0.6) is 0 Å². The fraction of sp³-hybridized carbons (Fsp3) is 0.417. The molecule has 0 aliphatic carbocycles. The molecule has 0 aliphatic rings. The lowest BCUT2D eigenvalue weighted by molar-refractivity contribution is -0.384. The third-order valence-electron chi connectivity index (χ3n) is 5.59. The number of anilines is 1. The molecule has 2 aromatic rings. The molecular weight excluding hydrogens is 472 g/mol. The predicted octanol–water partition coefficient (Wildman–Crippen LogP) is 3.08. The Kier molecular flexibility index (Phi) is 9.76. The van der Waals surface area contributed by atoms with Crippen molar-refractivity contribution < 1.29 is 22.9 Å². The van der Waals surface area contributed by atoms with Gasteiger partial charge < -0.3 is 10.2 Å². The van der Waals surface area contributed by atoms with E-state index in [4.69, 9.17) is 0 Å². The molecule has 11 heteroatoms. The molecule has 0 fully saturated rings. The molecule has 1 N–H and O–H groups in total. The first kappa shape index (κ1) is 27.8. The van der Waals surface area contributed by atoms with Crippen molar-refractivity contribution in [3.8, 4) is 0 Å². The van der Waals surface area contributed by atoms with Gasteiger partial charge in [0.05, 0.1) is 16.9 Å². The maximum atomic E-state index is 13.6. The zero-order valence-corrected chi connectivity index (χ0v) is 21.2. The van der Waals surface area contributed by atoms with Gasteiger partial charge in [-0.3, -0.25) is 24.0 Å². The Morgan fingerprint density at radius 3 is 2.26 bits per heavy atom. The summed E-state index contributed by atoms with van der Waals surface area (Å²) in [6.07, 6.45) is 1.95. The monoisotopic (exact) mass is 504 g/mol. The lowest BCUT2D eigenvalue weighted by Gasteiger charge is -2.33. The molecule has 2 aromatic carbocycles. The minimum Gasteiger partial charge on any atom is -0.352 e. The Balaban J connectivity index is 2.45. The van der Waals surface area contributed by atoms with Crippen LogP contribution in [0.1, 0.15) is 39.2 Å². The molecule has 190 valence electrons. The maximum absolute atomic E-state index is 13.6. The van der Waals surface area contributed by atoms with Crippen molar-refractivity contribution in [2.45, 2.75) is 52.2 Å². The molecule has 10 nitrogen and oxygen atoms in total. The van der Waals surface area contributed by atoms with Gasteiger partial charge in [-0.05, 0) is 31.4 Å². The van der Waals surface area contributed by atoms with E-state index in [1.54, 1.807) is 6.92 Å². The molecule has 0 aromatic heterocycles. The normalized spacial score (nSPS) is 12.9. The van der Waals surface area contributed by atoms with Crippen LogP contribution in [0, 0.1) is 10.1 Å². The number of amides is 2. The molecule has 0 aliphatic heterocycles. The zero-order valence-electron chi connectivity index (χ0n) is 20.4. The summed E-state index contributed by atoms with van der Waals surface area (Å²) in [6, 6.07) is 13.2. The van der Waals surface area contributed by atoms with E-state index in [0.29, 0.717) is 12.8 Å². The van der Waals surface area contributed by atoms with E-state index in [2.05, 4.69) is 5.32 Å². The number of benzene rings is 2. The third-order valence-corrected chi connectivity index (χ3v) is 6.73. The first-order valence-corrected chi connectivity index (χ1v) is 13.2. The van der Waals surface area contributed by atoms with Gasteiger partial charge in [0, 0.05) is 24.7 Å². The van der Waals surface area contributed by atoms with Gasteiger partial charge in [-0.2, -0.15) is 0 Å². The van der Waals surface area contributed by atoms with Gasteiger partial charge in [0.25, 0.3) is 5.69 Å². The molecule has 2 atom stereocenters. The molecular formula is C24H32N4O6S. The summed E-state index contributed by atoms with van der Waals surface area (Å²) in [7, 11) is -3.97. The minimum atomic E-state index is -3.97. The molecule has 0 unspecified atom stereocenters. The van der Waals surface area contributed by atoms with Crippen molar-refractivity contribution in [1.29, 1.82) is 0 Å². The Morgan fingerprint density at radius 1 is 1.06 bits per heavy atom. The predicted molar refractivity (Wildman–Crippen MR) is 134 cm³/mol. The molecule has 2 rings (SSSR count). The second-order valence-electron chi connectivity index (χ2n) is 8.30. The molecule has 0 saturated carbocycles. The molecule has 0 spiro atoms. The van der Waals surface area contributed by atoms with Gasteiger partial charge >= 0.3 is 0 Å². The van der Waals surface area contributed by atoms with Crippen LogP contribution in [0.2, 0.25) is 0 Å². The van der Waals surface area contributed by atoms with Crippen LogP contribution in [-0.4, -0.2) is 54.9 Å². The number of nitrogens with one attached hydrogen (secondary N) is 1. The number of nitro groups is 1. The van der Waals surface area contributed by atoms with E-state index in [-0.39, 0.29) is 29.9 Å². The van der Waals surface area contributed by atoms with E-state index in [1.165, 1.54) is 23.1 Å². The van der Waals surface area contributed by atoms with Crippen LogP contribution in [0.15, 0.2) is 54.6 Å². The van der Waals surface area contributed by atoms with E-state index < -0.39 is 33.4 Å². The minimum absolute atomic E-state index is 0.00758. The average Bonchev–Trinajstić information content (AvgIpc) is 2.82. The SMILES string of the molecule is CC[C@H](C)NC(=O)[C@H](CC)N(Cc1ccccc1)C(=O)CN(c1cccc([N+](=O)[O-])c1)S(C)(=O)=O. The van der Waals surface area contributed by atoms with Crippen LogP contribution in [0.4, 0.5) is 11.4 Å². The van der Waals surface area contributed by atoms with Crippen molar-refractivity contribution >= 4 is 33.2 Å². The highest BCUT2D eigenvalue weighted by molar-refractivity contribution is 7.92. The maximum Gasteiger partial charge on any atom is 0.271 e. The van der Waals surface area contributed by atoms with Gasteiger partial charge in [0.1, 0.15) is 12.6 Å². The first-order valence-electron chi connectivity index (χ1n) is 11.3. The highest BCUT2D eigenvalue weighted by Crippen LogP contribution is 2.24. The van der Waals surface area contributed by atoms with Crippen molar-refractivity contribution in [1.82, 2.24) is 10.2 Å². The first-order chi connectivity index (χ1) is 16.5. The number of carbonyl (C=O) groups excluding carboxylic acids is 2. The number of sulfonamides is 1. The molecule has 0 saturated heterocycles. The van der Waals surface area contributed by atoms with Crippen LogP contribution in [-0.2, 0) is 26.2 Å². The standard InChI is InChI=1S/C24H32N4O6S/c1-5-18(3)25-24(30)22(6-2)26(16-19-11-8-7-9-12-19)23(29)17-27(35(4,33)34)20-13-10-14-21(15-20)28(31)32/h7-15,18,22H,5-6,16-17H2,1-4H3,(H,25,30)/t18-,22-/m0/s1. The lowest BCUT2D eigenvalue weighted by Crippen LogP contribution is -2.53. The fourth-order valence-corrected chi connectivity index (χ4v) is 4.36. The van der Waals surface area contributed by atoms with E-state index in [1.807, 2.05) is 44.2 Å².